The van der Waals surface area contributed by atoms with Gasteiger partial charge in [0, 0.05) is 24.9 Å². The minimum atomic E-state index is 0.676. The lowest BCUT2D eigenvalue weighted by atomic mass is 10.2. The van der Waals surface area contributed by atoms with Gasteiger partial charge < -0.3 is 9.99 Å². The largest absolute Gasteiger partial charge is 0.308 e. The Balaban J connectivity index is 1.67. The number of hydrogen-bond acceptors (Lipinski definition) is 6. The van der Waals surface area contributed by atoms with Crippen LogP contribution in [0.15, 0.2) is 23.5 Å². The van der Waals surface area contributed by atoms with Crippen molar-refractivity contribution in [3.63, 3.8) is 0 Å². The predicted octanol–water partition coefficient (Wildman–Crippen LogP) is 1.98. The van der Waals surface area contributed by atoms with E-state index in [1.807, 2.05) is 18.3 Å². The van der Waals surface area contributed by atoms with Crippen LogP contribution in [0.4, 0.5) is 5.82 Å². The zero-order chi connectivity index (χ0) is 13.8. The number of nitrogens with zero attached hydrogens (tertiary/aromatic N) is 4. The fourth-order valence-corrected chi connectivity index (χ4v) is 3.23. The van der Waals surface area contributed by atoms with E-state index >= 15 is 0 Å². The Morgan fingerprint density at radius 3 is 3.00 bits per heavy atom. The van der Waals surface area contributed by atoms with Crippen molar-refractivity contribution in [2.75, 3.05) is 5.43 Å². The number of aromatic nitrogens is 4. The summed E-state index contributed by atoms with van der Waals surface area (Å²) in [4.78, 5) is 4.21. The van der Waals surface area contributed by atoms with Crippen LogP contribution >= 0.6 is 11.8 Å². The van der Waals surface area contributed by atoms with Crippen LogP contribution < -0.4 is 11.3 Å². The van der Waals surface area contributed by atoms with Crippen molar-refractivity contribution in [1.82, 2.24) is 19.7 Å². The summed E-state index contributed by atoms with van der Waals surface area (Å²) in [6, 6.07) is 3.90. The van der Waals surface area contributed by atoms with Crippen LogP contribution in [0.2, 0.25) is 0 Å². The summed E-state index contributed by atoms with van der Waals surface area (Å²) in [5.74, 6) is 7.95. The van der Waals surface area contributed by atoms with Crippen LogP contribution in [-0.4, -0.2) is 19.7 Å². The number of nitrogens with two attached hydrogens (primary N) is 1. The summed E-state index contributed by atoms with van der Waals surface area (Å²) >= 11 is 1.72. The molecule has 0 radical (unpaired) electrons. The van der Waals surface area contributed by atoms with Gasteiger partial charge in [-0.15, -0.1) is 10.2 Å². The number of rotatable bonds is 4. The van der Waals surface area contributed by atoms with E-state index in [0.29, 0.717) is 5.82 Å². The molecule has 0 atom stereocenters. The fraction of sp³-hybridized carbons (Fsp3) is 0.462. The minimum absolute atomic E-state index is 0.676. The molecular weight excluding hydrogens is 272 g/mol. The molecule has 0 saturated heterocycles. The molecule has 3 heterocycles. The van der Waals surface area contributed by atoms with E-state index in [0.717, 1.165) is 35.3 Å². The summed E-state index contributed by atoms with van der Waals surface area (Å²) in [5.41, 5.74) is 3.68. The number of anilines is 1. The van der Waals surface area contributed by atoms with E-state index in [9.17, 15) is 0 Å². The number of thioether (sulfide) groups is 1. The third kappa shape index (κ3) is 2.94. The molecule has 0 aliphatic carbocycles. The molecular formula is C13H18N6S. The smallest absolute Gasteiger partial charge is 0.191 e. The van der Waals surface area contributed by atoms with Gasteiger partial charge in [-0.2, -0.15) is 0 Å². The van der Waals surface area contributed by atoms with Crippen LogP contribution in [0.25, 0.3) is 0 Å². The van der Waals surface area contributed by atoms with Gasteiger partial charge >= 0.3 is 0 Å². The van der Waals surface area contributed by atoms with Crippen LogP contribution in [0.1, 0.15) is 30.7 Å². The van der Waals surface area contributed by atoms with Crippen molar-refractivity contribution in [3.8, 4) is 0 Å². The third-order valence-electron chi connectivity index (χ3n) is 3.42. The molecule has 6 nitrogen and oxygen atoms in total. The molecule has 0 bridgehead atoms. The molecule has 0 spiro atoms. The summed E-state index contributed by atoms with van der Waals surface area (Å²) in [5, 5.41) is 9.63. The maximum absolute atomic E-state index is 5.30. The highest BCUT2D eigenvalue weighted by Gasteiger charge is 2.14. The Morgan fingerprint density at radius 1 is 1.25 bits per heavy atom. The van der Waals surface area contributed by atoms with Crippen molar-refractivity contribution in [3.05, 3.63) is 29.7 Å². The van der Waals surface area contributed by atoms with Crippen LogP contribution in [0, 0.1) is 0 Å². The number of pyridine rings is 1. The maximum atomic E-state index is 5.30. The second-order valence-electron chi connectivity index (χ2n) is 4.85. The van der Waals surface area contributed by atoms with Gasteiger partial charge in [-0.25, -0.2) is 10.8 Å². The Bertz CT molecular complexity index is 565. The lowest BCUT2D eigenvalue weighted by Gasteiger charge is -2.06. The summed E-state index contributed by atoms with van der Waals surface area (Å²) in [6.45, 7) is 1.04. The Morgan fingerprint density at radius 2 is 2.20 bits per heavy atom. The summed E-state index contributed by atoms with van der Waals surface area (Å²) in [7, 11) is 0. The number of nitrogens with one attached hydrogen (secondary N) is 1. The number of hydrogen-bond donors (Lipinski definition) is 2. The molecule has 3 N–H and O–H groups in total. The molecule has 1 aliphatic rings. The van der Waals surface area contributed by atoms with Gasteiger partial charge in [0.2, 0.25) is 0 Å². The quantitative estimate of drug-likeness (QED) is 0.509. The third-order valence-corrected chi connectivity index (χ3v) is 4.45. The van der Waals surface area contributed by atoms with Gasteiger partial charge in [0.1, 0.15) is 11.6 Å². The molecule has 3 rings (SSSR count). The average Bonchev–Trinajstić information content (AvgIpc) is 2.72. The van der Waals surface area contributed by atoms with E-state index in [-0.39, 0.29) is 0 Å². The molecule has 2 aromatic rings. The molecule has 0 aromatic carbocycles. The van der Waals surface area contributed by atoms with Gasteiger partial charge in [0.15, 0.2) is 5.16 Å². The van der Waals surface area contributed by atoms with Gasteiger partial charge in [0.25, 0.3) is 0 Å². The van der Waals surface area contributed by atoms with Crippen molar-refractivity contribution < 1.29 is 0 Å². The second kappa shape index (κ2) is 6.23. The van der Waals surface area contributed by atoms with E-state index in [2.05, 4.69) is 25.2 Å². The molecule has 20 heavy (non-hydrogen) atoms. The molecule has 0 unspecified atom stereocenters. The molecule has 2 aromatic heterocycles. The zero-order valence-electron chi connectivity index (χ0n) is 11.2. The van der Waals surface area contributed by atoms with Gasteiger partial charge in [-0.1, -0.05) is 24.2 Å². The second-order valence-corrected chi connectivity index (χ2v) is 5.79. The first-order valence-corrected chi connectivity index (χ1v) is 7.82. The van der Waals surface area contributed by atoms with Crippen molar-refractivity contribution in [2.45, 2.75) is 43.1 Å². The van der Waals surface area contributed by atoms with Crippen molar-refractivity contribution in [1.29, 1.82) is 0 Å². The molecule has 0 saturated carbocycles. The summed E-state index contributed by atoms with van der Waals surface area (Å²) < 4.78 is 2.26. The monoisotopic (exact) mass is 290 g/mol. The molecule has 0 amide bonds. The fourth-order valence-electron chi connectivity index (χ4n) is 2.31. The van der Waals surface area contributed by atoms with Crippen LogP contribution in [-0.2, 0) is 18.7 Å². The standard InChI is InChI=1S/C13H18N6S/c14-16-11-6-5-10(8-15-11)9-20-13-18-17-12-4-2-1-3-7-19(12)13/h5-6,8H,1-4,7,9,14H2,(H,15,16). The first-order chi connectivity index (χ1) is 9.86. The lowest BCUT2D eigenvalue weighted by molar-refractivity contribution is 0.591. The molecule has 7 heteroatoms. The Kier molecular flexibility index (Phi) is 4.17. The maximum Gasteiger partial charge on any atom is 0.191 e. The molecule has 0 fully saturated rings. The Hall–Kier alpha value is -1.60. The van der Waals surface area contributed by atoms with Crippen LogP contribution in [0.5, 0.6) is 0 Å². The van der Waals surface area contributed by atoms with E-state index in [1.54, 1.807) is 11.8 Å². The number of aryl methyl sites for hydroxylation is 1. The number of hydrazine groups is 1. The van der Waals surface area contributed by atoms with E-state index in [4.69, 9.17) is 5.84 Å². The van der Waals surface area contributed by atoms with E-state index in [1.165, 1.54) is 19.3 Å². The number of nitrogen functional groups attached to an aromatic ring is 1. The SMILES string of the molecule is NNc1ccc(CSc2nnc3n2CCCCC3)cn1. The normalized spacial score (nSPS) is 14.7. The number of fused-ring (bicyclic) bond motifs is 1. The predicted molar refractivity (Wildman–Crippen MR) is 79.2 cm³/mol. The topological polar surface area (TPSA) is 81.6 Å². The average molecular weight is 290 g/mol. The highest BCUT2D eigenvalue weighted by Crippen LogP contribution is 2.24. The van der Waals surface area contributed by atoms with Crippen molar-refractivity contribution >= 4 is 17.6 Å². The highest BCUT2D eigenvalue weighted by molar-refractivity contribution is 7.98. The Labute approximate surface area is 122 Å². The molecule has 106 valence electrons. The van der Waals surface area contributed by atoms with Crippen LogP contribution in [0.3, 0.4) is 0 Å². The first kappa shape index (κ1) is 13.4. The minimum Gasteiger partial charge on any atom is -0.308 e. The zero-order valence-corrected chi connectivity index (χ0v) is 12.1. The lowest BCUT2D eigenvalue weighted by Crippen LogP contribution is -2.08. The van der Waals surface area contributed by atoms with Gasteiger partial charge in [-0.05, 0) is 24.5 Å². The summed E-state index contributed by atoms with van der Waals surface area (Å²) in [6.07, 6.45) is 6.61. The van der Waals surface area contributed by atoms with Gasteiger partial charge in [-0.3, -0.25) is 0 Å². The van der Waals surface area contributed by atoms with Gasteiger partial charge in [0.05, 0.1) is 0 Å². The van der Waals surface area contributed by atoms with Crippen molar-refractivity contribution in [2.24, 2.45) is 5.84 Å². The van der Waals surface area contributed by atoms with E-state index < -0.39 is 0 Å². The molecule has 1 aliphatic heterocycles. The highest BCUT2D eigenvalue weighted by atomic mass is 32.2. The first-order valence-electron chi connectivity index (χ1n) is 6.83.